The van der Waals surface area contributed by atoms with Crippen LogP contribution >= 0.6 is 0 Å². The lowest BCUT2D eigenvalue weighted by molar-refractivity contribution is -0.0202. The third-order valence-corrected chi connectivity index (χ3v) is 3.86. The Balaban J connectivity index is 1.90. The molecule has 0 unspecified atom stereocenters. The number of fused-ring (bicyclic) bond motifs is 1. The molecule has 0 bridgehead atoms. The summed E-state index contributed by atoms with van der Waals surface area (Å²) in [6, 6.07) is 7.84. The SMILES string of the molecule is COc1cccc2c(NCC3(O)CCC3)nccc12. The molecule has 1 aromatic carbocycles. The molecule has 1 saturated carbocycles. The van der Waals surface area contributed by atoms with Crippen LogP contribution in [0.3, 0.4) is 0 Å². The maximum Gasteiger partial charge on any atom is 0.134 e. The molecule has 1 aromatic heterocycles. The van der Waals surface area contributed by atoms with E-state index in [1.54, 1.807) is 13.3 Å². The second-order valence-electron chi connectivity index (χ2n) is 5.15. The van der Waals surface area contributed by atoms with E-state index in [1.807, 2.05) is 24.3 Å². The Labute approximate surface area is 112 Å². The van der Waals surface area contributed by atoms with E-state index >= 15 is 0 Å². The normalized spacial score (nSPS) is 16.9. The van der Waals surface area contributed by atoms with Gasteiger partial charge in [-0.05, 0) is 31.4 Å². The number of aliphatic hydroxyl groups is 1. The minimum Gasteiger partial charge on any atom is -0.496 e. The van der Waals surface area contributed by atoms with Crippen molar-refractivity contribution >= 4 is 16.6 Å². The molecule has 1 aliphatic rings. The fraction of sp³-hybridized carbons (Fsp3) is 0.400. The van der Waals surface area contributed by atoms with E-state index in [1.165, 1.54) is 0 Å². The van der Waals surface area contributed by atoms with Crippen LogP contribution in [0.1, 0.15) is 19.3 Å². The number of nitrogens with one attached hydrogen (secondary N) is 1. The van der Waals surface area contributed by atoms with Gasteiger partial charge in [0.1, 0.15) is 11.6 Å². The average molecular weight is 258 g/mol. The maximum atomic E-state index is 10.1. The minimum absolute atomic E-state index is 0.552. The van der Waals surface area contributed by atoms with E-state index in [-0.39, 0.29) is 0 Å². The molecular weight excluding hydrogens is 240 g/mol. The molecule has 0 atom stereocenters. The van der Waals surface area contributed by atoms with Crippen molar-refractivity contribution in [3.63, 3.8) is 0 Å². The number of hydrogen-bond acceptors (Lipinski definition) is 4. The summed E-state index contributed by atoms with van der Waals surface area (Å²) in [6.45, 7) is 0.552. The summed E-state index contributed by atoms with van der Waals surface area (Å²) in [5.41, 5.74) is -0.553. The number of hydrogen-bond donors (Lipinski definition) is 2. The fourth-order valence-corrected chi connectivity index (χ4v) is 2.51. The third-order valence-electron chi connectivity index (χ3n) is 3.86. The van der Waals surface area contributed by atoms with Crippen LogP contribution in [0, 0.1) is 0 Å². The first kappa shape index (κ1) is 12.2. The van der Waals surface area contributed by atoms with Crippen LogP contribution in [-0.2, 0) is 0 Å². The van der Waals surface area contributed by atoms with Crippen LogP contribution in [0.15, 0.2) is 30.5 Å². The number of ether oxygens (including phenoxy) is 1. The van der Waals surface area contributed by atoms with Crippen molar-refractivity contribution in [3.05, 3.63) is 30.5 Å². The lowest BCUT2D eigenvalue weighted by atomic mass is 9.80. The lowest BCUT2D eigenvalue weighted by Gasteiger charge is -2.36. The summed E-state index contributed by atoms with van der Waals surface area (Å²) < 4.78 is 5.36. The van der Waals surface area contributed by atoms with Crippen molar-refractivity contribution in [3.8, 4) is 5.75 Å². The van der Waals surface area contributed by atoms with Crippen LogP contribution in [0.2, 0.25) is 0 Å². The van der Waals surface area contributed by atoms with Crippen LogP contribution in [0.25, 0.3) is 10.8 Å². The summed E-state index contributed by atoms with van der Waals surface area (Å²) in [5, 5.41) is 15.4. The van der Waals surface area contributed by atoms with Crippen molar-refractivity contribution in [2.75, 3.05) is 19.0 Å². The van der Waals surface area contributed by atoms with Gasteiger partial charge in [-0.2, -0.15) is 0 Å². The molecule has 0 spiro atoms. The van der Waals surface area contributed by atoms with Gasteiger partial charge in [0.25, 0.3) is 0 Å². The van der Waals surface area contributed by atoms with Crippen molar-refractivity contribution in [2.45, 2.75) is 24.9 Å². The first-order valence-electron chi connectivity index (χ1n) is 6.60. The van der Waals surface area contributed by atoms with E-state index in [0.29, 0.717) is 6.54 Å². The molecule has 2 aromatic rings. The van der Waals surface area contributed by atoms with Gasteiger partial charge >= 0.3 is 0 Å². The molecule has 0 aliphatic heterocycles. The predicted molar refractivity (Wildman–Crippen MR) is 75.6 cm³/mol. The number of methoxy groups -OCH3 is 1. The van der Waals surface area contributed by atoms with Gasteiger partial charge in [-0.1, -0.05) is 12.1 Å². The molecule has 4 nitrogen and oxygen atoms in total. The van der Waals surface area contributed by atoms with Crippen LogP contribution < -0.4 is 10.1 Å². The number of anilines is 1. The largest absolute Gasteiger partial charge is 0.496 e. The number of pyridine rings is 1. The summed E-state index contributed by atoms with van der Waals surface area (Å²) in [5.74, 6) is 1.64. The van der Waals surface area contributed by atoms with E-state index in [9.17, 15) is 5.11 Å². The summed E-state index contributed by atoms with van der Waals surface area (Å²) >= 11 is 0. The van der Waals surface area contributed by atoms with Gasteiger partial charge in [0, 0.05) is 23.5 Å². The van der Waals surface area contributed by atoms with Gasteiger partial charge in [-0.25, -0.2) is 4.98 Å². The zero-order valence-electron chi connectivity index (χ0n) is 11.0. The van der Waals surface area contributed by atoms with E-state index in [0.717, 1.165) is 41.6 Å². The highest BCUT2D eigenvalue weighted by Gasteiger charge is 2.34. The third kappa shape index (κ3) is 2.24. The predicted octanol–water partition coefficient (Wildman–Crippen LogP) is 2.57. The van der Waals surface area contributed by atoms with Crippen LogP contribution in [0.5, 0.6) is 5.75 Å². The van der Waals surface area contributed by atoms with Crippen molar-refractivity contribution in [1.29, 1.82) is 0 Å². The van der Waals surface area contributed by atoms with E-state index in [2.05, 4.69) is 10.3 Å². The first-order valence-corrected chi connectivity index (χ1v) is 6.60. The molecule has 0 radical (unpaired) electrons. The number of rotatable bonds is 4. The second kappa shape index (κ2) is 4.70. The highest BCUT2D eigenvalue weighted by atomic mass is 16.5. The van der Waals surface area contributed by atoms with Gasteiger partial charge in [-0.3, -0.25) is 0 Å². The number of benzene rings is 1. The Morgan fingerprint density at radius 1 is 1.32 bits per heavy atom. The topological polar surface area (TPSA) is 54.4 Å². The minimum atomic E-state index is -0.553. The van der Waals surface area contributed by atoms with E-state index in [4.69, 9.17) is 4.74 Å². The zero-order chi connectivity index (χ0) is 13.3. The Morgan fingerprint density at radius 3 is 2.84 bits per heavy atom. The Kier molecular flexibility index (Phi) is 3.03. The monoisotopic (exact) mass is 258 g/mol. The Hall–Kier alpha value is -1.81. The summed E-state index contributed by atoms with van der Waals surface area (Å²) in [7, 11) is 1.67. The average Bonchev–Trinajstić information content (AvgIpc) is 2.42. The van der Waals surface area contributed by atoms with Gasteiger partial charge in [-0.15, -0.1) is 0 Å². The van der Waals surface area contributed by atoms with Gasteiger partial charge in [0.05, 0.1) is 12.7 Å². The molecule has 19 heavy (non-hydrogen) atoms. The van der Waals surface area contributed by atoms with E-state index < -0.39 is 5.60 Å². The second-order valence-corrected chi connectivity index (χ2v) is 5.15. The Bertz CT molecular complexity index is 594. The molecule has 4 heteroatoms. The smallest absolute Gasteiger partial charge is 0.134 e. The first-order chi connectivity index (χ1) is 9.22. The fourth-order valence-electron chi connectivity index (χ4n) is 2.51. The molecule has 2 N–H and O–H groups in total. The molecule has 3 rings (SSSR count). The summed E-state index contributed by atoms with van der Waals surface area (Å²) in [6.07, 6.45) is 4.61. The highest BCUT2D eigenvalue weighted by Crippen LogP contribution is 2.33. The zero-order valence-corrected chi connectivity index (χ0v) is 11.0. The molecule has 1 heterocycles. The number of nitrogens with zero attached hydrogens (tertiary/aromatic N) is 1. The van der Waals surface area contributed by atoms with Crippen molar-refractivity contribution in [2.24, 2.45) is 0 Å². The molecule has 0 amide bonds. The standard InChI is InChI=1S/C15H18N2O2/c1-19-13-5-2-4-12-11(13)6-9-16-14(12)17-10-15(18)7-3-8-15/h2,4-6,9,18H,3,7-8,10H2,1H3,(H,16,17). The summed E-state index contributed by atoms with van der Waals surface area (Å²) in [4.78, 5) is 4.37. The maximum absolute atomic E-state index is 10.1. The van der Waals surface area contributed by atoms with Gasteiger partial charge in [0.15, 0.2) is 0 Å². The quantitative estimate of drug-likeness (QED) is 0.885. The molecular formula is C15H18N2O2. The van der Waals surface area contributed by atoms with Crippen LogP contribution in [0.4, 0.5) is 5.82 Å². The van der Waals surface area contributed by atoms with Gasteiger partial charge < -0.3 is 15.2 Å². The molecule has 0 saturated heterocycles. The highest BCUT2D eigenvalue weighted by molar-refractivity contribution is 5.95. The molecule has 1 fully saturated rings. The number of aromatic nitrogens is 1. The van der Waals surface area contributed by atoms with Crippen molar-refractivity contribution < 1.29 is 9.84 Å². The molecule has 1 aliphatic carbocycles. The van der Waals surface area contributed by atoms with Crippen molar-refractivity contribution in [1.82, 2.24) is 4.98 Å². The van der Waals surface area contributed by atoms with Gasteiger partial charge in [0.2, 0.25) is 0 Å². The molecule has 100 valence electrons. The van der Waals surface area contributed by atoms with Crippen LogP contribution in [-0.4, -0.2) is 29.3 Å². The Morgan fingerprint density at radius 2 is 2.16 bits per heavy atom. The lowest BCUT2D eigenvalue weighted by Crippen LogP contribution is -2.43.